The first-order valence-corrected chi connectivity index (χ1v) is 11.2. The summed E-state index contributed by atoms with van der Waals surface area (Å²) in [5.74, 6) is 0.393. The van der Waals surface area contributed by atoms with Gasteiger partial charge >= 0.3 is 0 Å². The van der Waals surface area contributed by atoms with Crippen LogP contribution in [0.4, 0.5) is 5.13 Å². The number of fused-ring (bicyclic) bond motifs is 1. The van der Waals surface area contributed by atoms with Crippen LogP contribution >= 0.6 is 11.3 Å². The van der Waals surface area contributed by atoms with Gasteiger partial charge in [-0.1, -0.05) is 30.3 Å². The van der Waals surface area contributed by atoms with Gasteiger partial charge in [0.15, 0.2) is 5.13 Å². The number of hydrogen-bond donors (Lipinski definition) is 2. The van der Waals surface area contributed by atoms with Crippen molar-refractivity contribution in [3.05, 3.63) is 70.2 Å². The fraction of sp³-hybridized carbons (Fsp3) is 0.292. The Morgan fingerprint density at radius 3 is 2.44 bits per heavy atom. The summed E-state index contributed by atoms with van der Waals surface area (Å²) < 4.78 is 10.5. The number of rotatable bonds is 7. The second kappa shape index (κ2) is 9.40. The molecule has 4 rings (SSSR count). The molecule has 1 aliphatic rings. The van der Waals surface area contributed by atoms with Gasteiger partial charge in [0.1, 0.15) is 11.5 Å². The first-order chi connectivity index (χ1) is 15.5. The third kappa shape index (κ3) is 4.60. The van der Waals surface area contributed by atoms with Crippen LogP contribution in [0.3, 0.4) is 0 Å². The molecule has 0 saturated heterocycles. The monoisotopic (exact) mass is 451 g/mol. The minimum Gasteiger partial charge on any atom is -0.497 e. The Hall–Kier alpha value is -3.39. The highest BCUT2D eigenvalue weighted by molar-refractivity contribution is 7.16. The second-order valence-electron chi connectivity index (χ2n) is 7.62. The SMILES string of the molecule is COc1cc(OC)cc(C(=O)Nc2nc3c(s2)CCC3C(=O)NC(C)c2ccccc2)c1. The number of methoxy groups -OCH3 is 2. The average molecular weight is 452 g/mol. The summed E-state index contributed by atoms with van der Waals surface area (Å²) in [6.45, 7) is 1.97. The van der Waals surface area contributed by atoms with Crippen molar-refractivity contribution in [2.45, 2.75) is 31.7 Å². The van der Waals surface area contributed by atoms with Gasteiger partial charge in [-0.25, -0.2) is 4.98 Å². The highest BCUT2D eigenvalue weighted by Crippen LogP contribution is 2.39. The minimum absolute atomic E-state index is 0.0409. The Morgan fingerprint density at radius 2 is 1.78 bits per heavy atom. The van der Waals surface area contributed by atoms with Crippen LogP contribution in [0.2, 0.25) is 0 Å². The summed E-state index contributed by atoms with van der Waals surface area (Å²) in [6, 6.07) is 14.7. The Labute approximate surface area is 190 Å². The van der Waals surface area contributed by atoms with Gasteiger partial charge < -0.3 is 14.8 Å². The maximum absolute atomic E-state index is 12.9. The number of hydrogen-bond acceptors (Lipinski definition) is 6. The lowest BCUT2D eigenvalue weighted by Gasteiger charge is -2.17. The van der Waals surface area contributed by atoms with Crippen LogP contribution in [0.15, 0.2) is 48.5 Å². The van der Waals surface area contributed by atoms with E-state index in [1.807, 2.05) is 37.3 Å². The van der Waals surface area contributed by atoms with Gasteiger partial charge in [-0.2, -0.15) is 0 Å². The minimum atomic E-state index is -0.312. The van der Waals surface area contributed by atoms with E-state index in [0.717, 1.165) is 29.0 Å². The number of thiazole rings is 1. The number of ether oxygens (including phenoxy) is 2. The predicted molar refractivity (Wildman–Crippen MR) is 124 cm³/mol. The lowest BCUT2D eigenvalue weighted by molar-refractivity contribution is -0.123. The van der Waals surface area contributed by atoms with Gasteiger partial charge in [0, 0.05) is 16.5 Å². The predicted octanol–water partition coefficient (Wildman–Crippen LogP) is 4.32. The molecule has 2 N–H and O–H groups in total. The molecule has 0 fully saturated rings. The third-order valence-corrected chi connectivity index (χ3v) is 6.57. The van der Waals surface area contributed by atoms with Gasteiger partial charge in [0.05, 0.1) is 31.9 Å². The molecule has 0 saturated carbocycles. The van der Waals surface area contributed by atoms with Crippen LogP contribution in [0, 0.1) is 0 Å². The van der Waals surface area contributed by atoms with Crippen LogP contribution in [0.25, 0.3) is 0 Å². The molecule has 2 atom stereocenters. The molecule has 166 valence electrons. The molecule has 8 heteroatoms. The molecule has 0 spiro atoms. The Morgan fingerprint density at radius 1 is 1.09 bits per heavy atom. The van der Waals surface area contributed by atoms with Crippen LogP contribution < -0.4 is 20.1 Å². The number of nitrogens with zero attached hydrogens (tertiary/aromatic N) is 1. The summed E-state index contributed by atoms with van der Waals surface area (Å²) in [4.78, 5) is 31.3. The summed E-state index contributed by atoms with van der Waals surface area (Å²) >= 11 is 1.42. The van der Waals surface area contributed by atoms with Gasteiger partial charge in [-0.15, -0.1) is 11.3 Å². The molecule has 0 radical (unpaired) electrons. The van der Waals surface area contributed by atoms with E-state index in [9.17, 15) is 9.59 Å². The number of amides is 2. The Balaban J connectivity index is 1.46. The number of anilines is 1. The molecule has 1 aromatic heterocycles. The molecule has 2 amide bonds. The zero-order valence-corrected chi connectivity index (χ0v) is 19.0. The number of aromatic nitrogens is 1. The summed E-state index contributed by atoms with van der Waals surface area (Å²) in [6.07, 6.45) is 1.50. The molecular weight excluding hydrogens is 426 g/mol. The van der Waals surface area contributed by atoms with E-state index in [1.54, 1.807) is 18.2 Å². The fourth-order valence-corrected chi connectivity index (χ4v) is 4.82. The smallest absolute Gasteiger partial charge is 0.257 e. The highest BCUT2D eigenvalue weighted by atomic mass is 32.1. The number of carbonyl (C=O) groups excluding carboxylic acids is 2. The Bertz CT molecular complexity index is 1110. The van der Waals surface area contributed by atoms with Crippen LogP contribution in [-0.4, -0.2) is 31.0 Å². The molecule has 1 aliphatic carbocycles. The van der Waals surface area contributed by atoms with Gasteiger partial charge in [-0.05, 0) is 37.5 Å². The zero-order valence-electron chi connectivity index (χ0n) is 18.2. The standard InChI is InChI=1S/C24H25N3O4S/c1-14(15-7-5-4-6-8-15)25-23(29)19-9-10-20-21(19)26-24(32-20)27-22(28)16-11-17(30-2)13-18(12-16)31-3/h4-8,11-14,19H,9-10H2,1-3H3,(H,25,29)(H,26,27,28). The second-order valence-corrected chi connectivity index (χ2v) is 8.70. The third-order valence-electron chi connectivity index (χ3n) is 5.53. The van der Waals surface area contributed by atoms with Crippen molar-refractivity contribution >= 4 is 28.3 Å². The summed E-state index contributed by atoms with van der Waals surface area (Å²) in [7, 11) is 3.07. The van der Waals surface area contributed by atoms with E-state index in [1.165, 1.54) is 25.6 Å². The van der Waals surface area contributed by atoms with Crippen LogP contribution in [0.5, 0.6) is 11.5 Å². The molecule has 7 nitrogen and oxygen atoms in total. The van der Waals surface area contributed by atoms with Crippen molar-refractivity contribution in [3.8, 4) is 11.5 Å². The lowest BCUT2D eigenvalue weighted by atomic mass is 10.0. The molecule has 2 unspecified atom stereocenters. The fourth-order valence-electron chi connectivity index (χ4n) is 3.78. The quantitative estimate of drug-likeness (QED) is 0.558. The molecule has 2 aromatic carbocycles. The Kier molecular flexibility index (Phi) is 6.41. The van der Waals surface area contributed by atoms with E-state index in [-0.39, 0.29) is 23.8 Å². The number of aryl methyl sites for hydroxylation is 1. The van der Waals surface area contributed by atoms with Crippen molar-refractivity contribution in [1.29, 1.82) is 0 Å². The molecule has 0 aliphatic heterocycles. The van der Waals surface area contributed by atoms with E-state index in [4.69, 9.17) is 9.47 Å². The van der Waals surface area contributed by atoms with E-state index in [2.05, 4.69) is 15.6 Å². The number of benzene rings is 2. The summed E-state index contributed by atoms with van der Waals surface area (Å²) in [5.41, 5.74) is 2.22. The molecular formula is C24H25N3O4S. The molecule has 32 heavy (non-hydrogen) atoms. The normalized spacial score (nSPS) is 15.5. The highest BCUT2D eigenvalue weighted by Gasteiger charge is 2.33. The first kappa shape index (κ1) is 21.8. The number of carbonyl (C=O) groups is 2. The van der Waals surface area contributed by atoms with Gasteiger partial charge in [0.25, 0.3) is 5.91 Å². The molecule has 3 aromatic rings. The van der Waals surface area contributed by atoms with Crippen molar-refractivity contribution in [2.75, 3.05) is 19.5 Å². The van der Waals surface area contributed by atoms with Crippen LogP contribution in [0.1, 0.15) is 51.8 Å². The van der Waals surface area contributed by atoms with E-state index in [0.29, 0.717) is 22.2 Å². The van der Waals surface area contributed by atoms with Crippen molar-refractivity contribution in [3.63, 3.8) is 0 Å². The zero-order chi connectivity index (χ0) is 22.7. The van der Waals surface area contributed by atoms with Crippen molar-refractivity contribution < 1.29 is 19.1 Å². The van der Waals surface area contributed by atoms with Crippen LogP contribution in [-0.2, 0) is 11.2 Å². The van der Waals surface area contributed by atoms with Gasteiger partial charge in [-0.3, -0.25) is 14.9 Å². The van der Waals surface area contributed by atoms with Crippen molar-refractivity contribution in [2.24, 2.45) is 0 Å². The molecule has 1 heterocycles. The van der Waals surface area contributed by atoms with Crippen molar-refractivity contribution in [1.82, 2.24) is 10.3 Å². The topological polar surface area (TPSA) is 89.6 Å². The van der Waals surface area contributed by atoms with E-state index < -0.39 is 0 Å². The first-order valence-electron chi connectivity index (χ1n) is 10.4. The van der Waals surface area contributed by atoms with E-state index >= 15 is 0 Å². The van der Waals surface area contributed by atoms with Gasteiger partial charge in [0.2, 0.25) is 5.91 Å². The summed E-state index contributed by atoms with van der Waals surface area (Å²) in [5, 5.41) is 6.41. The number of nitrogens with one attached hydrogen (secondary N) is 2. The average Bonchev–Trinajstić information content (AvgIpc) is 3.39. The maximum Gasteiger partial charge on any atom is 0.257 e. The lowest BCUT2D eigenvalue weighted by Crippen LogP contribution is -2.31. The maximum atomic E-state index is 12.9. The molecule has 0 bridgehead atoms. The largest absolute Gasteiger partial charge is 0.497 e.